The molecular weight excluding hydrogens is 572 g/mol. The van der Waals surface area contributed by atoms with Crippen LogP contribution in [0.15, 0.2) is 57.9 Å². The molecule has 3 amide bonds. The van der Waals surface area contributed by atoms with Crippen molar-refractivity contribution in [1.29, 1.82) is 0 Å². The summed E-state index contributed by atoms with van der Waals surface area (Å²) in [5.74, 6) is -2.35. The average molecular weight is 597 g/mol. The van der Waals surface area contributed by atoms with Crippen LogP contribution in [0.4, 0.5) is 10.5 Å². The highest BCUT2D eigenvalue weighted by Gasteiger charge is 2.36. The van der Waals surface area contributed by atoms with Crippen LogP contribution in [0.2, 0.25) is 5.02 Å². The van der Waals surface area contributed by atoms with Gasteiger partial charge < -0.3 is 19.6 Å². The van der Waals surface area contributed by atoms with Crippen molar-refractivity contribution >= 4 is 64.1 Å². The quantitative estimate of drug-likeness (QED) is 0.158. The van der Waals surface area contributed by atoms with E-state index in [9.17, 15) is 29.1 Å². The fraction of sp³-hybridized carbons (Fsp3) is 0.207. The largest absolute Gasteiger partial charge is 0.478 e. The molecule has 1 aliphatic rings. The number of thioether (sulfide) groups is 1. The lowest BCUT2D eigenvalue weighted by molar-refractivity contribution is -0.127. The van der Waals surface area contributed by atoms with Gasteiger partial charge >= 0.3 is 11.9 Å². The molecule has 3 aromatic rings. The first-order chi connectivity index (χ1) is 19.6. The van der Waals surface area contributed by atoms with Crippen LogP contribution in [0.3, 0.4) is 0 Å². The second kappa shape index (κ2) is 12.9. The molecule has 0 atom stereocenters. The number of hydrogen-bond donors (Lipinski definition) is 2. The maximum absolute atomic E-state index is 12.9. The number of unbranched alkanes of at least 4 members (excludes halogenated alkanes) is 1. The number of carbonyl (C=O) groups is 5. The number of carbonyl (C=O) groups excluding carboxylic acids is 4. The van der Waals surface area contributed by atoms with Crippen molar-refractivity contribution in [3.63, 3.8) is 0 Å². The zero-order valence-corrected chi connectivity index (χ0v) is 23.6. The second-order valence-corrected chi connectivity index (χ2v) is 10.4. The van der Waals surface area contributed by atoms with Crippen LogP contribution in [0.1, 0.15) is 51.8 Å². The van der Waals surface area contributed by atoms with E-state index in [0.717, 1.165) is 11.3 Å². The summed E-state index contributed by atoms with van der Waals surface area (Å²) in [4.78, 5) is 62.8. The molecule has 2 N–H and O–H groups in total. The fourth-order valence-corrected chi connectivity index (χ4v) is 4.98. The predicted octanol–water partition coefficient (Wildman–Crippen LogP) is 6.24. The monoisotopic (exact) mass is 596 g/mol. The maximum atomic E-state index is 12.9. The molecule has 1 aliphatic heterocycles. The lowest BCUT2D eigenvalue weighted by Crippen LogP contribution is -2.36. The molecule has 0 radical (unpaired) electrons. The molecule has 2 heterocycles. The summed E-state index contributed by atoms with van der Waals surface area (Å²) < 4.78 is 11.0. The minimum absolute atomic E-state index is 0.0586. The average Bonchev–Trinajstić information content (AvgIpc) is 3.49. The van der Waals surface area contributed by atoms with Gasteiger partial charge in [0.2, 0.25) is 5.91 Å². The second-order valence-electron chi connectivity index (χ2n) is 8.99. The molecule has 4 rings (SSSR count). The van der Waals surface area contributed by atoms with E-state index in [0.29, 0.717) is 35.1 Å². The number of hydrogen-bond acceptors (Lipinski definition) is 8. The molecule has 0 spiro atoms. The van der Waals surface area contributed by atoms with Crippen LogP contribution in [-0.2, 0) is 14.3 Å². The molecule has 0 aliphatic carbocycles. The van der Waals surface area contributed by atoms with Crippen molar-refractivity contribution in [2.24, 2.45) is 0 Å². The highest BCUT2D eigenvalue weighted by molar-refractivity contribution is 8.18. The first-order valence-electron chi connectivity index (χ1n) is 12.5. The van der Waals surface area contributed by atoms with E-state index in [1.54, 1.807) is 31.2 Å². The molecule has 0 saturated carbocycles. The van der Waals surface area contributed by atoms with Gasteiger partial charge in [-0.1, -0.05) is 37.1 Å². The normalized spacial score (nSPS) is 14.0. The van der Waals surface area contributed by atoms with E-state index in [-0.39, 0.29) is 39.1 Å². The van der Waals surface area contributed by atoms with Crippen LogP contribution < -0.4 is 5.32 Å². The summed E-state index contributed by atoms with van der Waals surface area (Å²) in [7, 11) is 0. The summed E-state index contributed by atoms with van der Waals surface area (Å²) in [6.45, 7) is 3.32. The van der Waals surface area contributed by atoms with Gasteiger partial charge in [0.15, 0.2) is 0 Å². The molecule has 1 aromatic heterocycles. The van der Waals surface area contributed by atoms with Crippen molar-refractivity contribution < 1.29 is 38.2 Å². The Morgan fingerprint density at radius 3 is 2.63 bits per heavy atom. The van der Waals surface area contributed by atoms with E-state index >= 15 is 0 Å². The Morgan fingerprint density at radius 1 is 1.12 bits per heavy atom. The van der Waals surface area contributed by atoms with Crippen molar-refractivity contribution in [3.8, 4) is 11.3 Å². The molecular formula is C29H25ClN2O8S. The number of carboxylic acids is 1. The third kappa shape index (κ3) is 6.87. The summed E-state index contributed by atoms with van der Waals surface area (Å²) in [6, 6.07) is 12.3. The van der Waals surface area contributed by atoms with Crippen LogP contribution in [0.25, 0.3) is 17.4 Å². The maximum Gasteiger partial charge on any atom is 0.339 e. The van der Waals surface area contributed by atoms with Crippen molar-refractivity contribution in [1.82, 2.24) is 4.90 Å². The van der Waals surface area contributed by atoms with Crippen LogP contribution in [0, 0.1) is 6.92 Å². The van der Waals surface area contributed by atoms with Gasteiger partial charge in [-0.15, -0.1) is 0 Å². The number of imide groups is 1. The molecule has 0 unspecified atom stereocenters. The number of furan rings is 1. The summed E-state index contributed by atoms with van der Waals surface area (Å²) in [6.07, 6.45) is 2.94. The molecule has 1 fully saturated rings. The van der Waals surface area contributed by atoms with Crippen LogP contribution in [0.5, 0.6) is 0 Å². The third-order valence-electron chi connectivity index (χ3n) is 6.11. The Labute approximate surface area is 244 Å². The smallest absolute Gasteiger partial charge is 0.339 e. The van der Waals surface area contributed by atoms with Crippen molar-refractivity contribution in [3.05, 3.63) is 80.9 Å². The number of aromatic carboxylic acids is 1. The number of amides is 3. The van der Waals surface area contributed by atoms with Gasteiger partial charge in [-0.2, -0.15) is 0 Å². The number of esters is 1. The molecule has 0 bridgehead atoms. The van der Waals surface area contributed by atoms with Gasteiger partial charge in [-0.25, -0.2) is 9.59 Å². The first kappa shape index (κ1) is 29.6. The molecule has 10 nitrogen and oxygen atoms in total. The van der Waals surface area contributed by atoms with Gasteiger partial charge in [0.1, 0.15) is 18.1 Å². The van der Waals surface area contributed by atoms with E-state index < -0.39 is 35.5 Å². The number of nitrogens with zero attached hydrogens (tertiary/aromatic N) is 1. The zero-order chi connectivity index (χ0) is 29.7. The molecule has 2 aromatic carbocycles. The topological polar surface area (TPSA) is 143 Å². The standard InChI is InChI=1S/C29H25ClN2O8S/c1-3-4-12-39-28(37)21-13-17(8-10-22(21)30)31-25(33)15-32-26(34)24(41-29(32)38)14-18-9-11-23(40-18)19-6-5-7-20(16(19)2)27(35)36/h5-11,13-14H,3-4,12,15H2,1-2H3,(H,31,33)(H,35,36)/b24-14-. The van der Waals surface area contributed by atoms with Gasteiger partial charge in [0.25, 0.3) is 11.1 Å². The van der Waals surface area contributed by atoms with Crippen LogP contribution in [-0.4, -0.2) is 52.2 Å². The molecule has 12 heteroatoms. The Balaban J connectivity index is 1.43. The van der Waals surface area contributed by atoms with E-state index in [1.807, 2.05) is 6.92 Å². The van der Waals surface area contributed by atoms with Gasteiger partial charge in [-0.05, 0) is 67.1 Å². The highest BCUT2D eigenvalue weighted by atomic mass is 35.5. The Morgan fingerprint density at radius 2 is 1.90 bits per heavy atom. The molecule has 1 saturated heterocycles. The van der Waals surface area contributed by atoms with Gasteiger partial charge in [0.05, 0.1) is 27.7 Å². The Bertz CT molecular complexity index is 1580. The lowest BCUT2D eigenvalue weighted by atomic mass is 10.0. The summed E-state index contributed by atoms with van der Waals surface area (Å²) in [5.41, 5.74) is 1.57. The van der Waals surface area contributed by atoms with E-state index in [1.165, 1.54) is 30.3 Å². The SMILES string of the molecule is CCCCOC(=O)c1cc(NC(=O)CN2C(=O)S/C(=C\c3ccc(-c4cccc(C(=O)O)c4C)o3)C2=O)ccc1Cl. The summed E-state index contributed by atoms with van der Waals surface area (Å²) >= 11 is 6.77. The lowest BCUT2D eigenvalue weighted by Gasteiger charge is -2.13. The fourth-order valence-electron chi connectivity index (χ4n) is 3.97. The number of halogens is 1. The minimum Gasteiger partial charge on any atom is -0.478 e. The number of carboxylic acid groups (broad SMARTS) is 1. The third-order valence-corrected chi connectivity index (χ3v) is 7.34. The number of anilines is 1. The van der Waals surface area contributed by atoms with Gasteiger partial charge in [0, 0.05) is 17.3 Å². The molecule has 212 valence electrons. The first-order valence-corrected chi connectivity index (χ1v) is 13.7. The summed E-state index contributed by atoms with van der Waals surface area (Å²) in [5, 5.41) is 11.5. The van der Waals surface area contributed by atoms with Crippen molar-refractivity contribution in [2.45, 2.75) is 26.7 Å². The Hall–Kier alpha value is -4.35. The van der Waals surface area contributed by atoms with Crippen LogP contribution >= 0.6 is 23.4 Å². The molecule has 41 heavy (non-hydrogen) atoms. The number of nitrogens with one attached hydrogen (secondary N) is 1. The van der Waals surface area contributed by atoms with E-state index in [4.69, 9.17) is 20.8 Å². The minimum atomic E-state index is -1.06. The Kier molecular flexibility index (Phi) is 9.31. The predicted molar refractivity (Wildman–Crippen MR) is 154 cm³/mol. The number of rotatable bonds is 10. The number of ether oxygens (including phenoxy) is 1. The van der Waals surface area contributed by atoms with Crippen molar-refractivity contribution in [2.75, 3.05) is 18.5 Å². The van der Waals surface area contributed by atoms with E-state index in [2.05, 4.69) is 5.32 Å². The highest BCUT2D eigenvalue weighted by Crippen LogP contribution is 2.34. The van der Waals surface area contributed by atoms with Gasteiger partial charge in [-0.3, -0.25) is 19.3 Å². The number of benzene rings is 2. The zero-order valence-electron chi connectivity index (χ0n) is 22.1.